The molecule has 0 saturated heterocycles. The molecule has 0 N–H and O–H groups in total. The Balaban J connectivity index is 3.06. The minimum absolute atomic E-state index is 0.0330. The van der Waals surface area contributed by atoms with Crippen LogP contribution in [0.4, 0.5) is 32.2 Å². The number of aromatic nitrogens is 2. The highest BCUT2D eigenvalue weighted by Gasteiger charge is 2.52. The van der Waals surface area contributed by atoms with Gasteiger partial charge in [0.1, 0.15) is 17.5 Å². The van der Waals surface area contributed by atoms with E-state index in [2.05, 4.69) is 5.10 Å². The summed E-state index contributed by atoms with van der Waals surface area (Å²) in [6.45, 7) is 3.04. The molecule has 1 aromatic heterocycles. The van der Waals surface area contributed by atoms with Crippen LogP contribution in [0.1, 0.15) is 31.5 Å². The van der Waals surface area contributed by atoms with Crippen LogP contribution in [0.25, 0.3) is 5.69 Å². The summed E-state index contributed by atoms with van der Waals surface area (Å²) in [5.74, 6) is -0.860. The van der Waals surface area contributed by atoms with Crippen molar-refractivity contribution in [2.45, 2.75) is 42.2 Å². The molecule has 0 aliphatic rings. The minimum atomic E-state index is -6.23. The number of anilines is 1. The average Bonchev–Trinajstić information content (AvgIpc) is 3.11. The van der Waals surface area contributed by atoms with E-state index in [1.807, 2.05) is 0 Å². The van der Waals surface area contributed by atoms with E-state index in [4.69, 9.17) is 23.2 Å². The maximum Gasteiger partial charge on any atom is 0.502 e. The summed E-state index contributed by atoms with van der Waals surface area (Å²) in [5, 5.41) is 10.4. The van der Waals surface area contributed by atoms with Gasteiger partial charge in [-0.1, -0.05) is 30.1 Å². The molecule has 194 valence electrons. The standard InChI is InChI=1S/C18H16Cl2F6N4O3S2/c1-4-13(34(31)5-2)29(3)16-15(35(32,33)18(24,25)26)12(8-27)28-30(16)14-10(19)6-9(7-11(14)20)17(21,22)23/h6-7,13H,4-5H2,1-3H3. The normalized spacial score (nSPS) is 14.5. The highest BCUT2D eigenvalue weighted by Crippen LogP contribution is 2.43. The minimum Gasteiger partial charge on any atom is -0.615 e. The van der Waals surface area contributed by atoms with Crippen LogP contribution in [0.2, 0.25) is 10.0 Å². The maximum absolute atomic E-state index is 13.6. The predicted octanol–water partition coefficient (Wildman–Crippen LogP) is 5.30. The molecule has 35 heavy (non-hydrogen) atoms. The summed E-state index contributed by atoms with van der Waals surface area (Å²) < 4.78 is 118. The van der Waals surface area contributed by atoms with Crippen LogP contribution >= 0.6 is 23.2 Å². The summed E-state index contributed by atoms with van der Waals surface area (Å²) in [5.41, 5.74) is -8.99. The summed E-state index contributed by atoms with van der Waals surface area (Å²) in [7, 11) is -5.12. The Hall–Kier alpha value is -1.86. The Bertz CT molecular complexity index is 1240. The van der Waals surface area contributed by atoms with E-state index in [1.165, 1.54) is 19.9 Å². The molecule has 0 spiro atoms. The molecule has 0 aliphatic heterocycles. The molecule has 0 saturated carbocycles. The molecule has 7 nitrogen and oxygen atoms in total. The third-order valence-corrected chi connectivity index (χ3v) is 8.68. The first-order chi connectivity index (χ1) is 15.9. The van der Waals surface area contributed by atoms with E-state index in [1.54, 1.807) is 0 Å². The maximum atomic E-state index is 13.6. The van der Waals surface area contributed by atoms with Crippen molar-refractivity contribution in [3.05, 3.63) is 33.4 Å². The van der Waals surface area contributed by atoms with Crippen molar-refractivity contribution in [3.63, 3.8) is 0 Å². The van der Waals surface area contributed by atoms with Gasteiger partial charge in [0.25, 0.3) is 9.84 Å². The first-order valence-corrected chi connectivity index (χ1v) is 13.1. The van der Waals surface area contributed by atoms with Crippen LogP contribution in [-0.2, 0) is 27.2 Å². The second-order valence-electron chi connectivity index (χ2n) is 6.90. The Morgan fingerprint density at radius 1 is 1.20 bits per heavy atom. The number of rotatable bonds is 7. The largest absolute Gasteiger partial charge is 0.615 e. The van der Waals surface area contributed by atoms with E-state index in [0.717, 1.165) is 11.9 Å². The van der Waals surface area contributed by atoms with Crippen molar-refractivity contribution in [2.24, 2.45) is 0 Å². The van der Waals surface area contributed by atoms with Crippen molar-refractivity contribution >= 4 is 50.0 Å². The molecular weight excluding hydrogens is 569 g/mol. The fourth-order valence-corrected chi connectivity index (χ4v) is 6.09. The van der Waals surface area contributed by atoms with Crippen LogP contribution < -0.4 is 4.90 Å². The molecule has 2 unspecified atom stereocenters. The lowest BCUT2D eigenvalue weighted by Gasteiger charge is -2.31. The summed E-state index contributed by atoms with van der Waals surface area (Å²) in [6, 6.07) is 2.09. The van der Waals surface area contributed by atoms with E-state index in [-0.39, 0.29) is 12.2 Å². The third-order valence-electron chi connectivity index (χ3n) is 4.76. The van der Waals surface area contributed by atoms with E-state index < -0.39 is 75.8 Å². The second-order valence-corrected chi connectivity index (χ2v) is 11.5. The van der Waals surface area contributed by atoms with Gasteiger partial charge in [-0.25, -0.2) is 13.1 Å². The lowest BCUT2D eigenvalue weighted by molar-refractivity contribution is -0.137. The fraction of sp³-hybridized carbons (Fsp3) is 0.444. The Morgan fingerprint density at radius 2 is 1.71 bits per heavy atom. The number of benzene rings is 1. The topological polar surface area (TPSA) is 102 Å². The molecule has 1 heterocycles. The lowest BCUT2D eigenvalue weighted by atomic mass is 10.2. The highest BCUT2D eigenvalue weighted by atomic mass is 35.5. The van der Waals surface area contributed by atoms with Crippen LogP contribution in [-0.4, -0.2) is 46.4 Å². The van der Waals surface area contributed by atoms with E-state index in [0.29, 0.717) is 16.8 Å². The highest BCUT2D eigenvalue weighted by molar-refractivity contribution is 7.92. The van der Waals surface area contributed by atoms with Crippen LogP contribution in [0.15, 0.2) is 17.0 Å². The number of hydrogen-bond acceptors (Lipinski definition) is 6. The summed E-state index contributed by atoms with van der Waals surface area (Å²) >= 11 is 10.2. The second kappa shape index (κ2) is 10.3. The number of nitrogens with zero attached hydrogens (tertiary/aromatic N) is 4. The molecular formula is C18H16Cl2F6N4O3S2. The van der Waals surface area contributed by atoms with Crippen molar-refractivity contribution in [1.29, 1.82) is 5.26 Å². The van der Waals surface area contributed by atoms with Crippen molar-refractivity contribution < 1.29 is 39.3 Å². The van der Waals surface area contributed by atoms with Gasteiger partial charge in [-0.15, -0.1) is 0 Å². The monoisotopic (exact) mass is 584 g/mol. The zero-order valence-electron chi connectivity index (χ0n) is 18.0. The molecule has 17 heteroatoms. The van der Waals surface area contributed by atoms with Crippen molar-refractivity contribution in [2.75, 3.05) is 17.7 Å². The van der Waals surface area contributed by atoms with Crippen LogP contribution in [0.3, 0.4) is 0 Å². The fourth-order valence-electron chi connectivity index (χ4n) is 3.19. The first kappa shape index (κ1) is 29.4. The zero-order chi connectivity index (χ0) is 27.1. The number of sulfone groups is 1. The van der Waals surface area contributed by atoms with Gasteiger partial charge in [-0.3, -0.25) is 0 Å². The molecule has 1 aromatic carbocycles. The van der Waals surface area contributed by atoms with Gasteiger partial charge in [0.2, 0.25) is 0 Å². The van der Waals surface area contributed by atoms with Gasteiger partial charge in [0, 0.05) is 13.5 Å². The first-order valence-electron chi connectivity index (χ1n) is 9.45. The molecule has 2 atom stereocenters. The van der Waals surface area contributed by atoms with Crippen LogP contribution in [0.5, 0.6) is 0 Å². The molecule has 2 rings (SSSR count). The molecule has 0 radical (unpaired) electrons. The Labute approximate surface area is 209 Å². The average molecular weight is 585 g/mol. The van der Waals surface area contributed by atoms with Gasteiger partial charge in [-0.05, 0) is 30.2 Å². The number of nitriles is 1. The number of halogens is 8. The Morgan fingerprint density at radius 3 is 2.09 bits per heavy atom. The molecule has 0 fully saturated rings. The summed E-state index contributed by atoms with van der Waals surface area (Å²) in [4.78, 5) is -0.676. The number of hydrogen-bond donors (Lipinski definition) is 0. The smallest absolute Gasteiger partial charge is 0.502 e. The lowest BCUT2D eigenvalue weighted by Crippen LogP contribution is -2.41. The van der Waals surface area contributed by atoms with Crippen molar-refractivity contribution in [3.8, 4) is 11.8 Å². The number of alkyl halides is 6. The van der Waals surface area contributed by atoms with Crippen molar-refractivity contribution in [1.82, 2.24) is 9.78 Å². The molecule has 0 bridgehead atoms. The van der Waals surface area contributed by atoms with Gasteiger partial charge >= 0.3 is 11.7 Å². The zero-order valence-corrected chi connectivity index (χ0v) is 21.1. The van der Waals surface area contributed by atoms with Gasteiger partial charge in [-0.2, -0.15) is 36.7 Å². The Kier molecular flexibility index (Phi) is 8.60. The predicted molar refractivity (Wildman–Crippen MR) is 118 cm³/mol. The third kappa shape index (κ3) is 5.46. The summed E-state index contributed by atoms with van der Waals surface area (Å²) in [6.07, 6.45) is -4.84. The molecule has 0 amide bonds. The SMILES string of the molecule is CCC(N(C)c1c(S(=O)(=O)C(F)(F)F)c(C#N)nn1-c1c(Cl)cc(C(F)(F)F)cc1Cl)[S+]([O-])CC. The van der Waals surface area contributed by atoms with E-state index in [9.17, 15) is 44.6 Å². The van der Waals surface area contributed by atoms with Gasteiger partial charge < -0.3 is 9.45 Å². The van der Waals surface area contributed by atoms with Crippen LogP contribution in [0, 0.1) is 11.3 Å². The molecule has 2 aromatic rings. The van der Waals surface area contributed by atoms with Gasteiger partial charge in [0.15, 0.2) is 21.8 Å². The quantitative estimate of drug-likeness (QED) is 0.323. The molecule has 0 aliphatic carbocycles. The van der Waals surface area contributed by atoms with E-state index >= 15 is 0 Å². The van der Waals surface area contributed by atoms with Gasteiger partial charge in [0.05, 0.1) is 15.6 Å².